The molecule has 0 atom stereocenters. The molecular weight excluding hydrogens is 309 g/mol. The van der Waals surface area contributed by atoms with Crippen molar-refractivity contribution >= 4 is 39.1 Å². The minimum atomic E-state index is 0.431. The Morgan fingerprint density at radius 1 is 1.06 bits per heavy atom. The smallest absolute Gasteiger partial charge is 0.138 e. The molecule has 0 saturated carbocycles. The molecule has 0 amide bonds. The zero-order valence-electron chi connectivity index (χ0n) is 8.25. The molecule has 0 spiro atoms. The Kier molecular flexibility index (Phi) is 3.85. The van der Waals surface area contributed by atoms with Crippen LogP contribution in [0.15, 0.2) is 36.4 Å². The molecule has 2 aromatic rings. The van der Waals surface area contributed by atoms with E-state index in [4.69, 9.17) is 23.2 Å². The first-order valence-electron chi connectivity index (χ1n) is 4.68. The van der Waals surface area contributed by atoms with Crippen LogP contribution in [0.3, 0.4) is 0 Å². The third kappa shape index (κ3) is 2.40. The summed E-state index contributed by atoms with van der Waals surface area (Å²) in [6, 6.07) is 11.8. The standard InChI is InChI=1S/C12H8BrCl2N/c13-7-9-6-10(12(15)16-11(9)14)8-4-2-1-3-5-8/h1-6H,7H2. The van der Waals surface area contributed by atoms with Crippen molar-refractivity contribution in [2.45, 2.75) is 5.33 Å². The van der Waals surface area contributed by atoms with Crippen LogP contribution in [0.5, 0.6) is 0 Å². The van der Waals surface area contributed by atoms with Gasteiger partial charge in [-0.25, -0.2) is 4.98 Å². The number of benzene rings is 1. The van der Waals surface area contributed by atoms with Gasteiger partial charge in [-0.15, -0.1) is 0 Å². The first-order valence-corrected chi connectivity index (χ1v) is 6.56. The van der Waals surface area contributed by atoms with Crippen LogP contribution in [0.1, 0.15) is 5.56 Å². The van der Waals surface area contributed by atoms with Crippen LogP contribution in [0.4, 0.5) is 0 Å². The van der Waals surface area contributed by atoms with Crippen LogP contribution in [0.25, 0.3) is 11.1 Å². The monoisotopic (exact) mass is 315 g/mol. The van der Waals surface area contributed by atoms with Gasteiger partial charge in [0, 0.05) is 16.5 Å². The lowest BCUT2D eigenvalue weighted by Gasteiger charge is -2.07. The van der Waals surface area contributed by atoms with E-state index in [0.29, 0.717) is 15.6 Å². The van der Waals surface area contributed by atoms with Crippen molar-refractivity contribution in [3.63, 3.8) is 0 Å². The van der Waals surface area contributed by atoms with Crippen molar-refractivity contribution in [3.05, 3.63) is 52.3 Å². The molecule has 0 radical (unpaired) electrons. The molecule has 1 aromatic heterocycles. The number of nitrogens with zero attached hydrogens (tertiary/aromatic N) is 1. The molecule has 1 heterocycles. The number of hydrogen-bond acceptors (Lipinski definition) is 1. The summed E-state index contributed by atoms with van der Waals surface area (Å²) in [6.45, 7) is 0. The molecule has 0 aliphatic rings. The van der Waals surface area contributed by atoms with E-state index in [-0.39, 0.29) is 0 Å². The molecule has 0 fully saturated rings. The van der Waals surface area contributed by atoms with Crippen LogP contribution in [0.2, 0.25) is 10.3 Å². The second-order valence-electron chi connectivity index (χ2n) is 3.28. The first-order chi connectivity index (χ1) is 7.72. The average Bonchev–Trinajstić information content (AvgIpc) is 2.30. The number of alkyl halides is 1. The quantitative estimate of drug-likeness (QED) is 0.564. The predicted molar refractivity (Wildman–Crippen MR) is 72.3 cm³/mol. The lowest BCUT2D eigenvalue weighted by molar-refractivity contribution is 1.26. The Hall–Kier alpha value is -0.570. The number of hydrogen-bond donors (Lipinski definition) is 0. The Bertz CT molecular complexity index is 500. The van der Waals surface area contributed by atoms with Crippen LogP contribution in [-0.2, 0) is 5.33 Å². The molecule has 0 unspecified atom stereocenters. The summed E-state index contributed by atoms with van der Waals surface area (Å²) in [5.74, 6) is 0. The van der Waals surface area contributed by atoms with Crippen LogP contribution in [0, 0.1) is 0 Å². The highest BCUT2D eigenvalue weighted by molar-refractivity contribution is 9.08. The maximum atomic E-state index is 6.08. The van der Waals surface area contributed by atoms with Crippen molar-refractivity contribution in [2.24, 2.45) is 0 Å². The van der Waals surface area contributed by atoms with Gasteiger partial charge in [-0.3, -0.25) is 0 Å². The maximum Gasteiger partial charge on any atom is 0.138 e. The highest BCUT2D eigenvalue weighted by atomic mass is 79.9. The second-order valence-corrected chi connectivity index (χ2v) is 4.55. The van der Waals surface area contributed by atoms with Gasteiger partial charge in [0.25, 0.3) is 0 Å². The van der Waals surface area contributed by atoms with Gasteiger partial charge in [0.05, 0.1) is 0 Å². The Labute approximate surface area is 113 Å². The number of aromatic nitrogens is 1. The molecule has 2 rings (SSSR count). The molecule has 0 N–H and O–H groups in total. The van der Waals surface area contributed by atoms with Crippen LogP contribution in [-0.4, -0.2) is 4.98 Å². The largest absolute Gasteiger partial charge is 0.223 e. The molecule has 0 bridgehead atoms. The van der Waals surface area contributed by atoms with E-state index >= 15 is 0 Å². The highest BCUT2D eigenvalue weighted by Gasteiger charge is 2.09. The molecule has 0 saturated heterocycles. The summed E-state index contributed by atoms with van der Waals surface area (Å²) >= 11 is 15.4. The van der Waals surface area contributed by atoms with E-state index in [9.17, 15) is 0 Å². The van der Waals surface area contributed by atoms with E-state index in [2.05, 4.69) is 20.9 Å². The molecular formula is C12H8BrCl2N. The number of pyridine rings is 1. The zero-order valence-corrected chi connectivity index (χ0v) is 11.4. The van der Waals surface area contributed by atoms with Gasteiger partial charge in [0.15, 0.2) is 0 Å². The van der Waals surface area contributed by atoms with E-state index in [1.165, 1.54) is 0 Å². The van der Waals surface area contributed by atoms with E-state index in [1.807, 2.05) is 36.4 Å². The van der Waals surface area contributed by atoms with Gasteiger partial charge < -0.3 is 0 Å². The van der Waals surface area contributed by atoms with Crippen LogP contribution < -0.4 is 0 Å². The number of halogens is 3. The van der Waals surface area contributed by atoms with Crippen molar-refractivity contribution in [1.29, 1.82) is 0 Å². The summed E-state index contributed by atoms with van der Waals surface area (Å²) < 4.78 is 0. The molecule has 4 heteroatoms. The average molecular weight is 317 g/mol. The van der Waals surface area contributed by atoms with E-state index < -0.39 is 0 Å². The normalized spacial score (nSPS) is 10.4. The van der Waals surface area contributed by atoms with Gasteiger partial charge in [-0.1, -0.05) is 69.5 Å². The van der Waals surface area contributed by atoms with Gasteiger partial charge in [0.2, 0.25) is 0 Å². The topological polar surface area (TPSA) is 12.9 Å². The maximum absolute atomic E-state index is 6.08. The van der Waals surface area contributed by atoms with Crippen LogP contribution >= 0.6 is 39.1 Å². The first kappa shape index (κ1) is 11.9. The summed E-state index contributed by atoms with van der Waals surface area (Å²) in [6.07, 6.45) is 0. The van der Waals surface area contributed by atoms with Gasteiger partial charge in [-0.05, 0) is 11.6 Å². The highest BCUT2D eigenvalue weighted by Crippen LogP contribution is 2.30. The Balaban J connectivity index is 2.57. The fourth-order valence-corrected chi connectivity index (χ4v) is 2.51. The van der Waals surface area contributed by atoms with Gasteiger partial charge >= 0.3 is 0 Å². The van der Waals surface area contributed by atoms with Gasteiger partial charge in [0.1, 0.15) is 10.3 Å². The SMILES string of the molecule is Clc1nc(Cl)c(-c2ccccc2)cc1CBr. The molecule has 0 aliphatic carbocycles. The third-order valence-corrected chi connectivity index (χ3v) is 3.45. The fourth-order valence-electron chi connectivity index (χ4n) is 1.43. The Morgan fingerprint density at radius 2 is 1.75 bits per heavy atom. The lowest BCUT2D eigenvalue weighted by atomic mass is 10.1. The van der Waals surface area contributed by atoms with E-state index in [1.54, 1.807) is 0 Å². The van der Waals surface area contributed by atoms with Crippen molar-refractivity contribution < 1.29 is 0 Å². The fraction of sp³-hybridized carbons (Fsp3) is 0.0833. The summed E-state index contributed by atoms with van der Waals surface area (Å²) in [5, 5.41) is 1.54. The molecule has 0 aliphatic heterocycles. The minimum Gasteiger partial charge on any atom is -0.223 e. The minimum absolute atomic E-state index is 0.431. The molecule has 16 heavy (non-hydrogen) atoms. The van der Waals surface area contributed by atoms with E-state index in [0.717, 1.165) is 16.7 Å². The Morgan fingerprint density at radius 3 is 2.38 bits per heavy atom. The van der Waals surface area contributed by atoms with Crippen molar-refractivity contribution in [3.8, 4) is 11.1 Å². The molecule has 82 valence electrons. The number of rotatable bonds is 2. The predicted octanol–water partition coefficient (Wildman–Crippen LogP) is 4.95. The third-order valence-electron chi connectivity index (χ3n) is 2.23. The summed E-state index contributed by atoms with van der Waals surface area (Å²) in [5.41, 5.74) is 2.88. The summed E-state index contributed by atoms with van der Waals surface area (Å²) in [7, 11) is 0. The summed E-state index contributed by atoms with van der Waals surface area (Å²) in [4.78, 5) is 4.12. The van der Waals surface area contributed by atoms with Crippen molar-refractivity contribution in [1.82, 2.24) is 4.98 Å². The van der Waals surface area contributed by atoms with Crippen molar-refractivity contribution in [2.75, 3.05) is 0 Å². The molecule has 1 nitrogen and oxygen atoms in total. The molecule has 1 aromatic carbocycles. The second kappa shape index (κ2) is 5.17. The lowest BCUT2D eigenvalue weighted by Crippen LogP contribution is -1.90. The van der Waals surface area contributed by atoms with Gasteiger partial charge in [-0.2, -0.15) is 0 Å². The zero-order chi connectivity index (χ0) is 11.5.